The van der Waals surface area contributed by atoms with Crippen LogP contribution in [-0.4, -0.2) is 41.8 Å². The molecule has 4 heteroatoms. The topological polar surface area (TPSA) is 58.7 Å². The summed E-state index contributed by atoms with van der Waals surface area (Å²) in [6.07, 6.45) is 1.94. The Morgan fingerprint density at radius 2 is 2.21 bits per heavy atom. The van der Waals surface area contributed by atoms with Gasteiger partial charge < -0.3 is 15.6 Å². The highest BCUT2D eigenvalue weighted by molar-refractivity contribution is 5.32. The molecular formula is C15H24N2O2. The highest BCUT2D eigenvalue weighted by Crippen LogP contribution is 2.20. The van der Waals surface area contributed by atoms with Crippen molar-refractivity contribution in [3.8, 4) is 5.75 Å². The second-order valence-corrected chi connectivity index (χ2v) is 5.54. The molecule has 4 nitrogen and oxygen atoms in total. The summed E-state index contributed by atoms with van der Waals surface area (Å²) >= 11 is 0. The van der Waals surface area contributed by atoms with E-state index in [4.69, 9.17) is 10.5 Å². The zero-order valence-corrected chi connectivity index (χ0v) is 11.6. The summed E-state index contributed by atoms with van der Waals surface area (Å²) in [6.45, 7) is 5.65. The average Bonchev–Trinajstić information content (AvgIpc) is 2.38. The van der Waals surface area contributed by atoms with Gasteiger partial charge in [0.25, 0.3) is 0 Å². The van der Waals surface area contributed by atoms with E-state index in [0.717, 1.165) is 43.8 Å². The summed E-state index contributed by atoms with van der Waals surface area (Å²) < 4.78 is 5.80. The van der Waals surface area contributed by atoms with E-state index in [-0.39, 0.29) is 0 Å². The van der Waals surface area contributed by atoms with Gasteiger partial charge in [-0.05, 0) is 32.4 Å². The summed E-state index contributed by atoms with van der Waals surface area (Å²) in [6, 6.07) is 7.87. The predicted octanol–water partition coefficient (Wildman–Crippen LogP) is 1.37. The third-order valence-electron chi connectivity index (χ3n) is 3.61. The van der Waals surface area contributed by atoms with Crippen LogP contribution in [0.3, 0.4) is 0 Å². The number of nitrogens with two attached hydrogens (primary N) is 1. The molecule has 2 rings (SSSR count). The standard InChI is InChI=1S/C15H24N2O2/c1-15(18)7-4-8-17(12-15)9-10-19-14-6-3-2-5-13(14)11-16/h2-3,5-6,18H,4,7-12,16H2,1H3. The van der Waals surface area contributed by atoms with E-state index in [0.29, 0.717) is 13.2 Å². The highest BCUT2D eigenvalue weighted by atomic mass is 16.5. The molecule has 0 aromatic heterocycles. The number of hydrogen-bond acceptors (Lipinski definition) is 4. The van der Waals surface area contributed by atoms with Gasteiger partial charge in [0.2, 0.25) is 0 Å². The van der Waals surface area contributed by atoms with Gasteiger partial charge >= 0.3 is 0 Å². The fourth-order valence-corrected chi connectivity index (χ4v) is 2.61. The molecule has 1 aliphatic rings. The molecule has 1 fully saturated rings. The Labute approximate surface area is 115 Å². The maximum atomic E-state index is 10.0. The summed E-state index contributed by atoms with van der Waals surface area (Å²) in [5.74, 6) is 0.869. The van der Waals surface area contributed by atoms with Crippen molar-refractivity contribution >= 4 is 0 Å². The number of ether oxygens (including phenoxy) is 1. The molecule has 106 valence electrons. The first kappa shape index (κ1) is 14.3. The molecule has 1 atom stereocenters. The minimum atomic E-state index is -0.548. The first-order valence-corrected chi connectivity index (χ1v) is 6.96. The fourth-order valence-electron chi connectivity index (χ4n) is 2.61. The molecule has 1 aromatic carbocycles. The average molecular weight is 264 g/mol. The zero-order chi connectivity index (χ0) is 13.7. The molecule has 0 spiro atoms. The summed E-state index contributed by atoms with van der Waals surface area (Å²) in [5.41, 5.74) is 6.16. The van der Waals surface area contributed by atoms with E-state index in [1.807, 2.05) is 31.2 Å². The Morgan fingerprint density at radius 3 is 2.95 bits per heavy atom. The summed E-state index contributed by atoms with van der Waals surface area (Å²) in [7, 11) is 0. The molecule has 0 radical (unpaired) electrons. The first-order chi connectivity index (χ1) is 9.11. The summed E-state index contributed by atoms with van der Waals surface area (Å²) in [5, 5.41) is 10.0. The third kappa shape index (κ3) is 4.20. The molecule has 1 aliphatic heterocycles. The summed E-state index contributed by atoms with van der Waals surface area (Å²) in [4.78, 5) is 2.26. The second-order valence-electron chi connectivity index (χ2n) is 5.54. The molecule has 1 unspecified atom stereocenters. The van der Waals surface area contributed by atoms with Crippen LogP contribution in [0.2, 0.25) is 0 Å². The van der Waals surface area contributed by atoms with Crippen LogP contribution >= 0.6 is 0 Å². The van der Waals surface area contributed by atoms with E-state index < -0.39 is 5.60 Å². The van der Waals surface area contributed by atoms with Gasteiger partial charge in [-0.25, -0.2) is 0 Å². The van der Waals surface area contributed by atoms with Crippen LogP contribution in [0, 0.1) is 0 Å². The molecule has 1 saturated heterocycles. The van der Waals surface area contributed by atoms with Crippen molar-refractivity contribution in [3.05, 3.63) is 29.8 Å². The van der Waals surface area contributed by atoms with Crippen molar-refractivity contribution in [2.45, 2.75) is 31.9 Å². The molecule has 3 N–H and O–H groups in total. The zero-order valence-electron chi connectivity index (χ0n) is 11.6. The number of nitrogens with zero attached hydrogens (tertiary/aromatic N) is 1. The molecule has 0 aliphatic carbocycles. The van der Waals surface area contributed by atoms with E-state index in [1.54, 1.807) is 0 Å². The van der Waals surface area contributed by atoms with Crippen molar-refractivity contribution in [3.63, 3.8) is 0 Å². The largest absolute Gasteiger partial charge is 0.492 e. The van der Waals surface area contributed by atoms with Crippen LogP contribution in [0.1, 0.15) is 25.3 Å². The van der Waals surface area contributed by atoms with Crippen molar-refractivity contribution in [2.75, 3.05) is 26.2 Å². The number of rotatable bonds is 5. The molecule has 0 saturated carbocycles. The van der Waals surface area contributed by atoms with E-state index in [1.165, 1.54) is 0 Å². The van der Waals surface area contributed by atoms with Crippen molar-refractivity contribution in [2.24, 2.45) is 5.73 Å². The van der Waals surface area contributed by atoms with Gasteiger partial charge in [-0.15, -0.1) is 0 Å². The van der Waals surface area contributed by atoms with Crippen LogP contribution in [0.4, 0.5) is 0 Å². The molecule has 19 heavy (non-hydrogen) atoms. The lowest BCUT2D eigenvalue weighted by Crippen LogP contribution is -2.47. The molecule has 1 heterocycles. The third-order valence-corrected chi connectivity index (χ3v) is 3.61. The van der Waals surface area contributed by atoms with Crippen LogP contribution in [0.25, 0.3) is 0 Å². The lowest BCUT2D eigenvalue weighted by atomic mass is 9.95. The monoisotopic (exact) mass is 264 g/mol. The Morgan fingerprint density at radius 1 is 1.42 bits per heavy atom. The minimum Gasteiger partial charge on any atom is -0.492 e. The number of aliphatic hydroxyl groups is 1. The number of hydrogen-bond donors (Lipinski definition) is 2. The lowest BCUT2D eigenvalue weighted by Gasteiger charge is -2.36. The van der Waals surface area contributed by atoms with Crippen molar-refractivity contribution in [1.82, 2.24) is 4.90 Å². The normalized spacial score (nSPS) is 24.4. The number of likely N-dealkylation sites (tertiary alicyclic amines) is 1. The highest BCUT2D eigenvalue weighted by Gasteiger charge is 2.27. The van der Waals surface area contributed by atoms with Gasteiger partial charge in [0, 0.05) is 25.2 Å². The number of piperidine rings is 1. The van der Waals surface area contributed by atoms with Crippen molar-refractivity contribution < 1.29 is 9.84 Å². The van der Waals surface area contributed by atoms with Gasteiger partial charge in [0.15, 0.2) is 0 Å². The van der Waals surface area contributed by atoms with Crippen LogP contribution in [0.5, 0.6) is 5.75 Å². The number of benzene rings is 1. The van der Waals surface area contributed by atoms with E-state index >= 15 is 0 Å². The van der Waals surface area contributed by atoms with Gasteiger partial charge in [-0.2, -0.15) is 0 Å². The maximum Gasteiger partial charge on any atom is 0.123 e. The van der Waals surface area contributed by atoms with Gasteiger partial charge in [-0.3, -0.25) is 4.90 Å². The Hall–Kier alpha value is -1.10. The SMILES string of the molecule is CC1(O)CCCN(CCOc2ccccc2CN)C1. The van der Waals surface area contributed by atoms with Gasteiger partial charge in [0.1, 0.15) is 12.4 Å². The molecule has 0 bridgehead atoms. The Kier molecular flexibility index (Phi) is 4.80. The smallest absolute Gasteiger partial charge is 0.123 e. The van der Waals surface area contributed by atoms with E-state index in [9.17, 15) is 5.11 Å². The quantitative estimate of drug-likeness (QED) is 0.843. The predicted molar refractivity (Wildman–Crippen MR) is 76.1 cm³/mol. The minimum absolute atomic E-state index is 0.495. The first-order valence-electron chi connectivity index (χ1n) is 6.96. The second kappa shape index (κ2) is 6.37. The number of β-amino-alcohol motifs (C(OH)–C–C–N with tert-alkyl or cyclic N) is 1. The van der Waals surface area contributed by atoms with Crippen LogP contribution < -0.4 is 10.5 Å². The lowest BCUT2D eigenvalue weighted by molar-refractivity contribution is -0.0184. The van der Waals surface area contributed by atoms with Gasteiger partial charge in [0.05, 0.1) is 5.60 Å². The van der Waals surface area contributed by atoms with Gasteiger partial charge in [-0.1, -0.05) is 18.2 Å². The van der Waals surface area contributed by atoms with Crippen LogP contribution in [0.15, 0.2) is 24.3 Å². The van der Waals surface area contributed by atoms with E-state index in [2.05, 4.69) is 4.90 Å². The Balaban J connectivity index is 1.80. The number of para-hydroxylation sites is 1. The van der Waals surface area contributed by atoms with Crippen molar-refractivity contribution in [1.29, 1.82) is 0 Å². The Bertz CT molecular complexity index is 407. The fraction of sp³-hybridized carbons (Fsp3) is 0.600. The molecule has 1 aromatic rings. The molecular weight excluding hydrogens is 240 g/mol. The van der Waals surface area contributed by atoms with Crippen LogP contribution in [-0.2, 0) is 6.54 Å². The molecule has 0 amide bonds. The maximum absolute atomic E-state index is 10.0.